The second kappa shape index (κ2) is 6.09. The summed E-state index contributed by atoms with van der Waals surface area (Å²) in [6.45, 7) is 0.316. The lowest BCUT2D eigenvalue weighted by Crippen LogP contribution is -2.02. The van der Waals surface area contributed by atoms with Gasteiger partial charge in [0.1, 0.15) is 5.82 Å². The third-order valence-electron chi connectivity index (χ3n) is 2.53. The van der Waals surface area contributed by atoms with Crippen LogP contribution in [0.4, 0.5) is 18.9 Å². The van der Waals surface area contributed by atoms with Gasteiger partial charge in [0.15, 0.2) is 11.6 Å². The van der Waals surface area contributed by atoms with Crippen LogP contribution in [0.15, 0.2) is 48.5 Å². The molecule has 19 heavy (non-hydrogen) atoms. The van der Waals surface area contributed by atoms with Crippen LogP contribution in [0.5, 0.6) is 0 Å². The zero-order valence-corrected chi connectivity index (χ0v) is 10.0. The monoisotopic (exact) mass is 263 g/mol. The summed E-state index contributed by atoms with van der Waals surface area (Å²) >= 11 is 0. The molecular weight excluding hydrogens is 251 g/mol. The zero-order valence-electron chi connectivity index (χ0n) is 10.0. The highest BCUT2D eigenvalue weighted by atomic mass is 19.2. The summed E-state index contributed by atoms with van der Waals surface area (Å²) in [5.74, 6) is -3.08. The average Bonchev–Trinajstić information content (AvgIpc) is 2.41. The molecule has 0 saturated carbocycles. The van der Waals surface area contributed by atoms with Crippen molar-refractivity contribution in [2.45, 2.75) is 0 Å². The number of hydrogen-bond acceptors (Lipinski definition) is 1. The molecule has 0 unspecified atom stereocenters. The van der Waals surface area contributed by atoms with E-state index < -0.39 is 17.5 Å². The van der Waals surface area contributed by atoms with E-state index in [1.807, 2.05) is 36.4 Å². The van der Waals surface area contributed by atoms with Crippen LogP contribution in [-0.2, 0) is 0 Å². The fourth-order valence-electron chi connectivity index (χ4n) is 1.59. The van der Waals surface area contributed by atoms with Crippen LogP contribution in [0.1, 0.15) is 5.56 Å². The molecule has 2 rings (SSSR count). The predicted molar refractivity (Wildman–Crippen MR) is 70.3 cm³/mol. The normalized spacial score (nSPS) is 10.9. The van der Waals surface area contributed by atoms with Crippen LogP contribution in [-0.4, -0.2) is 6.54 Å². The molecule has 0 bridgehead atoms. The number of benzene rings is 2. The summed E-state index contributed by atoms with van der Waals surface area (Å²) in [5, 5.41) is 2.68. The first-order valence-electron chi connectivity index (χ1n) is 5.77. The molecule has 1 N–H and O–H groups in total. The van der Waals surface area contributed by atoms with Gasteiger partial charge in [0.05, 0.1) is 5.69 Å². The molecule has 0 fully saturated rings. The first kappa shape index (κ1) is 13.2. The van der Waals surface area contributed by atoms with E-state index in [1.165, 1.54) is 0 Å². The maximum absolute atomic E-state index is 13.3. The van der Waals surface area contributed by atoms with Gasteiger partial charge in [0.25, 0.3) is 0 Å². The van der Waals surface area contributed by atoms with E-state index in [0.717, 1.165) is 11.6 Å². The molecule has 0 atom stereocenters. The standard InChI is InChI=1S/C15H12F3N/c16-12-9-14(18)15(10-13(12)17)19-8-4-7-11-5-2-1-3-6-11/h1-7,9-10,19H,8H2/b7-4+. The molecule has 2 aromatic carbocycles. The Morgan fingerprint density at radius 1 is 0.895 bits per heavy atom. The van der Waals surface area contributed by atoms with Crippen molar-refractivity contribution in [3.63, 3.8) is 0 Å². The topological polar surface area (TPSA) is 12.0 Å². The minimum Gasteiger partial charge on any atom is -0.379 e. The maximum Gasteiger partial charge on any atom is 0.161 e. The van der Waals surface area contributed by atoms with E-state index in [-0.39, 0.29) is 5.69 Å². The first-order valence-corrected chi connectivity index (χ1v) is 5.77. The Balaban J connectivity index is 1.96. The molecule has 0 spiro atoms. The lowest BCUT2D eigenvalue weighted by Gasteiger charge is -2.05. The van der Waals surface area contributed by atoms with Gasteiger partial charge in [-0.2, -0.15) is 0 Å². The highest BCUT2D eigenvalue weighted by Crippen LogP contribution is 2.18. The first-order chi connectivity index (χ1) is 9.16. The number of anilines is 1. The summed E-state index contributed by atoms with van der Waals surface area (Å²) in [6, 6.07) is 10.9. The molecule has 0 aromatic heterocycles. The van der Waals surface area contributed by atoms with Crippen molar-refractivity contribution in [1.29, 1.82) is 0 Å². The van der Waals surface area contributed by atoms with Gasteiger partial charge in [-0.3, -0.25) is 0 Å². The average molecular weight is 263 g/mol. The van der Waals surface area contributed by atoms with Crippen molar-refractivity contribution in [1.82, 2.24) is 0 Å². The molecule has 0 aliphatic rings. The molecule has 0 amide bonds. The summed E-state index contributed by atoms with van der Waals surface area (Å²) in [5.41, 5.74) is 0.951. The summed E-state index contributed by atoms with van der Waals surface area (Å²) in [7, 11) is 0. The fraction of sp³-hybridized carbons (Fsp3) is 0.0667. The van der Waals surface area contributed by atoms with E-state index >= 15 is 0 Å². The third kappa shape index (κ3) is 3.61. The van der Waals surface area contributed by atoms with E-state index in [2.05, 4.69) is 5.32 Å². The van der Waals surface area contributed by atoms with Gasteiger partial charge >= 0.3 is 0 Å². The van der Waals surface area contributed by atoms with Crippen LogP contribution in [0.2, 0.25) is 0 Å². The van der Waals surface area contributed by atoms with Crippen LogP contribution < -0.4 is 5.32 Å². The second-order valence-corrected chi connectivity index (χ2v) is 3.94. The molecule has 2 aromatic rings. The maximum atomic E-state index is 13.3. The molecule has 4 heteroatoms. The molecular formula is C15H12F3N. The Morgan fingerprint density at radius 3 is 2.32 bits per heavy atom. The van der Waals surface area contributed by atoms with Crippen LogP contribution in [0.25, 0.3) is 6.08 Å². The largest absolute Gasteiger partial charge is 0.379 e. The smallest absolute Gasteiger partial charge is 0.161 e. The van der Waals surface area contributed by atoms with Crippen molar-refractivity contribution in [3.8, 4) is 0 Å². The van der Waals surface area contributed by atoms with Crippen LogP contribution in [0.3, 0.4) is 0 Å². The Hall–Kier alpha value is -2.23. The quantitative estimate of drug-likeness (QED) is 0.814. The molecule has 98 valence electrons. The molecule has 0 aliphatic heterocycles. The van der Waals surface area contributed by atoms with Gasteiger partial charge in [-0.25, -0.2) is 13.2 Å². The minimum absolute atomic E-state index is 0.0587. The van der Waals surface area contributed by atoms with Gasteiger partial charge in [-0.15, -0.1) is 0 Å². The minimum atomic E-state index is -1.19. The second-order valence-electron chi connectivity index (χ2n) is 3.94. The van der Waals surface area contributed by atoms with E-state index in [1.54, 1.807) is 6.08 Å². The van der Waals surface area contributed by atoms with Crippen molar-refractivity contribution in [2.24, 2.45) is 0 Å². The fourth-order valence-corrected chi connectivity index (χ4v) is 1.59. The summed E-state index contributed by atoms with van der Waals surface area (Å²) in [6.07, 6.45) is 3.63. The zero-order chi connectivity index (χ0) is 13.7. The lowest BCUT2D eigenvalue weighted by molar-refractivity contribution is 0.496. The number of nitrogens with one attached hydrogen (secondary N) is 1. The lowest BCUT2D eigenvalue weighted by atomic mass is 10.2. The highest BCUT2D eigenvalue weighted by Gasteiger charge is 2.08. The van der Waals surface area contributed by atoms with Crippen molar-refractivity contribution >= 4 is 11.8 Å². The number of hydrogen-bond donors (Lipinski definition) is 1. The van der Waals surface area contributed by atoms with Gasteiger partial charge in [0.2, 0.25) is 0 Å². The van der Waals surface area contributed by atoms with E-state index in [4.69, 9.17) is 0 Å². The SMILES string of the molecule is Fc1cc(F)c(NC/C=C/c2ccccc2)cc1F. The highest BCUT2D eigenvalue weighted by molar-refractivity contribution is 5.51. The van der Waals surface area contributed by atoms with Crippen molar-refractivity contribution in [3.05, 3.63) is 71.6 Å². The summed E-state index contributed by atoms with van der Waals surface area (Å²) in [4.78, 5) is 0. The molecule has 0 heterocycles. The Bertz CT molecular complexity index is 579. The Kier molecular flexibility index (Phi) is 4.23. The van der Waals surface area contributed by atoms with Gasteiger partial charge in [-0.05, 0) is 5.56 Å². The number of halogens is 3. The van der Waals surface area contributed by atoms with Crippen molar-refractivity contribution in [2.75, 3.05) is 11.9 Å². The Morgan fingerprint density at radius 2 is 1.58 bits per heavy atom. The molecule has 0 aliphatic carbocycles. The van der Waals surface area contributed by atoms with E-state index in [0.29, 0.717) is 12.6 Å². The van der Waals surface area contributed by atoms with Gasteiger partial charge in [0, 0.05) is 18.7 Å². The number of rotatable bonds is 4. The van der Waals surface area contributed by atoms with Gasteiger partial charge < -0.3 is 5.32 Å². The van der Waals surface area contributed by atoms with Crippen molar-refractivity contribution < 1.29 is 13.2 Å². The summed E-state index contributed by atoms with van der Waals surface area (Å²) < 4.78 is 38.9. The van der Waals surface area contributed by atoms with Crippen LogP contribution in [0, 0.1) is 17.5 Å². The van der Waals surface area contributed by atoms with Crippen LogP contribution >= 0.6 is 0 Å². The van der Waals surface area contributed by atoms with E-state index in [9.17, 15) is 13.2 Å². The predicted octanol–water partition coefficient (Wildman–Crippen LogP) is 4.23. The third-order valence-corrected chi connectivity index (χ3v) is 2.53. The Labute approximate surface area is 109 Å². The van der Waals surface area contributed by atoms with Gasteiger partial charge in [-0.1, -0.05) is 42.5 Å². The molecule has 0 radical (unpaired) electrons. The molecule has 0 saturated heterocycles. The molecule has 1 nitrogen and oxygen atoms in total.